The smallest absolute Gasteiger partial charge is 0.255 e. The van der Waals surface area contributed by atoms with E-state index in [-0.39, 0.29) is 18.6 Å². The molecule has 0 aliphatic carbocycles. The summed E-state index contributed by atoms with van der Waals surface area (Å²) >= 11 is 0. The second-order valence-corrected chi connectivity index (χ2v) is 2.02. The fraction of sp³-hybridized carbons (Fsp3) is 1.00. The average Bonchev–Trinajstić information content (AvgIpc) is 2.06. The summed E-state index contributed by atoms with van der Waals surface area (Å²) < 4.78 is 85.1. The number of rotatable bonds is 1. The molecule has 0 aromatic carbocycles. The molecule has 0 saturated heterocycles. The van der Waals surface area contributed by atoms with Crippen LogP contribution >= 0.6 is 0 Å². The molecule has 0 aromatic heterocycles. The molecule has 0 unspecified atom stereocenters. The molecule has 0 rings (SSSR count). The molecule has 0 atom stereocenters. The van der Waals surface area contributed by atoms with Gasteiger partial charge in [-0.05, 0) is 0 Å². The Morgan fingerprint density at radius 3 is 1.06 bits per heavy atom. The van der Waals surface area contributed by atoms with E-state index in [0.717, 1.165) is 6.92 Å². The van der Waals surface area contributed by atoms with Crippen LogP contribution in [0.1, 0.15) is 19.8 Å². The van der Waals surface area contributed by atoms with Crippen molar-refractivity contribution >= 4 is 0 Å². The van der Waals surface area contributed by atoms with Gasteiger partial charge in [-0.3, -0.25) is 8.78 Å². The van der Waals surface area contributed by atoms with Crippen LogP contribution in [0.15, 0.2) is 0 Å². The SMILES string of the molecule is CCC(F)(F)F.CF.FCCC(F)(F)F.[V]. The molecular weight excluding hydrogens is 287 g/mol. The Hall–Kier alpha value is 0.0244. The van der Waals surface area contributed by atoms with Crippen LogP contribution in [0.2, 0.25) is 0 Å². The first kappa shape index (κ1) is 25.0. The molecule has 0 saturated carbocycles. The molecule has 0 nitrogen and oxygen atoms in total. The maximum absolute atomic E-state index is 10.8. The number of hydrogen-bond donors (Lipinski definition) is 0. The van der Waals surface area contributed by atoms with E-state index in [9.17, 15) is 35.1 Å². The van der Waals surface area contributed by atoms with Gasteiger partial charge in [0.1, 0.15) is 0 Å². The Kier molecular flexibility index (Phi) is 20.5. The molecule has 0 N–H and O–H groups in total. The zero-order chi connectivity index (χ0) is 13.1. The Balaban J connectivity index is -0.0000000743. The summed E-state index contributed by atoms with van der Waals surface area (Å²) in [7, 11) is 0.500. The topological polar surface area (TPSA) is 0 Å². The first-order valence-corrected chi connectivity index (χ1v) is 3.69. The van der Waals surface area contributed by atoms with Gasteiger partial charge in [0.05, 0.1) is 20.3 Å². The number of alkyl halides is 8. The quantitative estimate of drug-likeness (QED) is 0.627. The van der Waals surface area contributed by atoms with Crippen molar-refractivity contribution < 1.29 is 53.7 Å². The van der Waals surface area contributed by atoms with Gasteiger partial charge in [-0.25, -0.2) is 0 Å². The summed E-state index contributed by atoms with van der Waals surface area (Å²) in [5, 5.41) is 0. The number of hydrogen-bond acceptors (Lipinski definition) is 0. The van der Waals surface area contributed by atoms with E-state index in [1.165, 1.54) is 0 Å². The first-order valence-electron chi connectivity index (χ1n) is 3.69. The summed E-state index contributed by atoms with van der Waals surface area (Å²) in [5.41, 5.74) is 0. The van der Waals surface area contributed by atoms with Gasteiger partial charge in [0.15, 0.2) is 0 Å². The van der Waals surface area contributed by atoms with Crippen LogP contribution in [-0.2, 0) is 18.6 Å². The van der Waals surface area contributed by atoms with Gasteiger partial charge < -0.3 is 0 Å². The Morgan fingerprint density at radius 2 is 1.06 bits per heavy atom. The minimum absolute atomic E-state index is 0. The monoisotopic (exact) mass is 299 g/mol. The second kappa shape index (κ2) is 13.1. The van der Waals surface area contributed by atoms with Crippen LogP contribution in [0.25, 0.3) is 0 Å². The Labute approximate surface area is 100 Å². The van der Waals surface area contributed by atoms with Crippen LogP contribution in [0.3, 0.4) is 0 Å². The van der Waals surface area contributed by atoms with E-state index in [2.05, 4.69) is 0 Å². The predicted molar refractivity (Wildman–Crippen MR) is 40.0 cm³/mol. The van der Waals surface area contributed by atoms with Crippen molar-refractivity contribution in [2.75, 3.05) is 13.9 Å². The molecular formula is C7H12F8V. The van der Waals surface area contributed by atoms with Crippen molar-refractivity contribution in [2.45, 2.75) is 32.1 Å². The van der Waals surface area contributed by atoms with E-state index in [0.29, 0.717) is 7.18 Å². The fourth-order valence-electron chi connectivity index (χ4n) is 0.107. The van der Waals surface area contributed by atoms with Gasteiger partial charge in [-0.1, -0.05) is 6.92 Å². The van der Waals surface area contributed by atoms with Crippen LogP contribution in [0.4, 0.5) is 35.1 Å². The maximum Gasteiger partial charge on any atom is 0.391 e. The van der Waals surface area contributed by atoms with Crippen molar-refractivity contribution in [3.63, 3.8) is 0 Å². The van der Waals surface area contributed by atoms with E-state index in [1.807, 2.05) is 0 Å². The summed E-state index contributed by atoms with van der Waals surface area (Å²) in [6.45, 7) is -0.233. The Morgan fingerprint density at radius 1 is 0.812 bits per heavy atom. The molecule has 101 valence electrons. The molecule has 0 fully saturated rings. The van der Waals surface area contributed by atoms with Gasteiger partial charge in [0, 0.05) is 25.0 Å². The van der Waals surface area contributed by atoms with Gasteiger partial charge in [-0.15, -0.1) is 0 Å². The first-order chi connectivity index (χ1) is 6.62. The van der Waals surface area contributed by atoms with E-state index in [1.54, 1.807) is 0 Å². The molecule has 9 heteroatoms. The maximum atomic E-state index is 10.8. The molecule has 0 aromatic rings. The largest absolute Gasteiger partial charge is 0.391 e. The molecule has 0 amide bonds. The molecule has 0 aliphatic heterocycles. The van der Waals surface area contributed by atoms with Crippen molar-refractivity contribution in [3.8, 4) is 0 Å². The van der Waals surface area contributed by atoms with Crippen molar-refractivity contribution in [2.24, 2.45) is 0 Å². The van der Waals surface area contributed by atoms with E-state index >= 15 is 0 Å². The average molecular weight is 299 g/mol. The molecule has 0 spiro atoms. The predicted octanol–water partition coefficient (Wildman–Crippen LogP) is 4.45. The fourth-order valence-corrected chi connectivity index (χ4v) is 0.107. The molecule has 0 aliphatic rings. The third-order valence-corrected chi connectivity index (χ3v) is 0.779. The van der Waals surface area contributed by atoms with E-state index < -0.39 is 31.9 Å². The third-order valence-electron chi connectivity index (χ3n) is 0.779. The van der Waals surface area contributed by atoms with Crippen molar-refractivity contribution in [1.82, 2.24) is 0 Å². The third kappa shape index (κ3) is 48.2. The van der Waals surface area contributed by atoms with Gasteiger partial charge >= 0.3 is 12.4 Å². The molecule has 1 radical (unpaired) electrons. The van der Waals surface area contributed by atoms with Crippen LogP contribution < -0.4 is 0 Å². The normalized spacial score (nSPS) is 10.1. The Bertz CT molecular complexity index is 119. The van der Waals surface area contributed by atoms with Gasteiger partial charge in [0.25, 0.3) is 0 Å². The van der Waals surface area contributed by atoms with Gasteiger partial charge in [0.2, 0.25) is 0 Å². The van der Waals surface area contributed by atoms with Crippen molar-refractivity contribution in [1.29, 1.82) is 0 Å². The molecule has 0 bridgehead atoms. The van der Waals surface area contributed by atoms with Crippen LogP contribution in [0.5, 0.6) is 0 Å². The summed E-state index contributed by atoms with van der Waals surface area (Å²) in [5.74, 6) is 0. The minimum Gasteiger partial charge on any atom is -0.255 e. The number of halogens is 8. The zero-order valence-corrected chi connectivity index (χ0v) is 9.99. The summed E-state index contributed by atoms with van der Waals surface area (Å²) in [4.78, 5) is 0. The second-order valence-electron chi connectivity index (χ2n) is 2.02. The van der Waals surface area contributed by atoms with Crippen LogP contribution in [-0.4, -0.2) is 26.2 Å². The standard InChI is InChI=1S/C3H4F4.C3H5F3.CH3F.V/c4-2-1-3(5,6)7;1-2-3(4,5)6;1-2;/h1-2H2;2H2,1H3;1H3;. The van der Waals surface area contributed by atoms with Gasteiger partial charge in [-0.2, -0.15) is 26.3 Å². The summed E-state index contributed by atoms with van der Waals surface area (Å²) in [6, 6.07) is 0. The minimum atomic E-state index is -4.32. The molecule has 0 heterocycles. The van der Waals surface area contributed by atoms with E-state index in [4.69, 9.17) is 0 Å². The molecule has 16 heavy (non-hydrogen) atoms. The summed E-state index contributed by atoms with van der Waals surface area (Å²) in [6.07, 6.45) is -10.3. The zero-order valence-electron chi connectivity index (χ0n) is 8.59. The van der Waals surface area contributed by atoms with Crippen molar-refractivity contribution in [3.05, 3.63) is 0 Å². The van der Waals surface area contributed by atoms with Crippen LogP contribution in [0, 0.1) is 0 Å².